The molecule has 0 saturated heterocycles. The molecule has 3 amide bonds. The van der Waals surface area contributed by atoms with Crippen LogP contribution in [-0.4, -0.2) is 26.0 Å². The van der Waals surface area contributed by atoms with Crippen LogP contribution in [0.25, 0.3) is 0 Å². The smallest absolute Gasteiger partial charge is 0.318 e. The van der Waals surface area contributed by atoms with Crippen molar-refractivity contribution in [2.75, 3.05) is 23.9 Å². The van der Waals surface area contributed by atoms with Crippen molar-refractivity contribution in [1.29, 1.82) is 0 Å². The van der Waals surface area contributed by atoms with Crippen molar-refractivity contribution in [2.45, 2.75) is 12.8 Å². The second kappa shape index (κ2) is 4.08. The minimum Gasteiger partial charge on any atom is -0.351 e. The molecule has 0 spiro atoms. The lowest BCUT2D eigenvalue weighted by atomic mass is 10.0. The van der Waals surface area contributed by atoms with E-state index in [0.717, 1.165) is 16.9 Å². The number of aryl methyl sites for hydroxylation is 1. The molecule has 0 radical (unpaired) electrons. The molecule has 0 fully saturated rings. The number of primary amides is 1. The fourth-order valence-electron chi connectivity index (χ4n) is 1.98. The number of carbonyl (C=O) groups is 2. The summed E-state index contributed by atoms with van der Waals surface area (Å²) in [6, 6.07) is 5.05. The van der Waals surface area contributed by atoms with Crippen LogP contribution in [0.4, 0.5) is 16.2 Å². The Morgan fingerprint density at radius 2 is 2.12 bits per heavy atom. The molecule has 2 N–H and O–H groups in total. The van der Waals surface area contributed by atoms with E-state index in [1.54, 1.807) is 25.1 Å². The maximum atomic E-state index is 11.5. The second-order valence-electron chi connectivity index (χ2n) is 4.16. The van der Waals surface area contributed by atoms with Gasteiger partial charge >= 0.3 is 6.03 Å². The first kappa shape index (κ1) is 11.4. The number of rotatable bonds is 1. The Kier molecular flexibility index (Phi) is 2.75. The first-order valence-electron chi connectivity index (χ1n) is 5.43. The third kappa shape index (κ3) is 1.95. The van der Waals surface area contributed by atoms with Crippen LogP contribution in [0.1, 0.15) is 12.0 Å². The lowest BCUT2D eigenvalue weighted by molar-refractivity contribution is -0.118. The van der Waals surface area contributed by atoms with Gasteiger partial charge in [0.05, 0.1) is 0 Å². The Bertz CT molecular complexity index is 485. The molecule has 5 nitrogen and oxygen atoms in total. The van der Waals surface area contributed by atoms with Gasteiger partial charge in [-0.1, -0.05) is 0 Å². The Hall–Kier alpha value is -2.04. The van der Waals surface area contributed by atoms with Gasteiger partial charge in [0.25, 0.3) is 0 Å². The van der Waals surface area contributed by atoms with Crippen LogP contribution >= 0.6 is 0 Å². The van der Waals surface area contributed by atoms with Crippen LogP contribution < -0.4 is 15.5 Å². The van der Waals surface area contributed by atoms with E-state index < -0.39 is 6.03 Å². The van der Waals surface area contributed by atoms with Crippen molar-refractivity contribution in [3.63, 3.8) is 0 Å². The highest BCUT2D eigenvalue weighted by Gasteiger charge is 2.21. The van der Waals surface area contributed by atoms with Crippen molar-refractivity contribution in [1.82, 2.24) is 0 Å². The average Bonchev–Trinajstić information content (AvgIpc) is 2.32. The summed E-state index contributed by atoms with van der Waals surface area (Å²) in [6.07, 6.45) is 1.21. The molecule has 5 heteroatoms. The molecule has 0 aliphatic carbocycles. The van der Waals surface area contributed by atoms with E-state index in [1.165, 1.54) is 4.90 Å². The first-order chi connectivity index (χ1) is 8.00. The van der Waals surface area contributed by atoms with E-state index in [-0.39, 0.29) is 5.91 Å². The maximum absolute atomic E-state index is 11.5. The van der Waals surface area contributed by atoms with Crippen molar-refractivity contribution < 1.29 is 9.59 Å². The number of benzene rings is 1. The molecular formula is C12H15N3O2. The molecule has 17 heavy (non-hydrogen) atoms. The Morgan fingerprint density at radius 1 is 1.41 bits per heavy atom. The molecule has 1 aliphatic heterocycles. The van der Waals surface area contributed by atoms with E-state index in [1.807, 2.05) is 12.1 Å². The second-order valence-corrected chi connectivity index (χ2v) is 4.16. The lowest BCUT2D eigenvalue weighted by Gasteiger charge is -2.27. The molecule has 0 saturated carbocycles. The average molecular weight is 233 g/mol. The third-order valence-corrected chi connectivity index (χ3v) is 3.12. The van der Waals surface area contributed by atoms with Crippen LogP contribution in [0.3, 0.4) is 0 Å². The van der Waals surface area contributed by atoms with Gasteiger partial charge in [-0.3, -0.25) is 9.69 Å². The van der Waals surface area contributed by atoms with Gasteiger partial charge in [-0.15, -0.1) is 0 Å². The number of hydrogen-bond acceptors (Lipinski definition) is 2. The number of nitrogens with zero attached hydrogens (tertiary/aromatic N) is 2. The maximum Gasteiger partial charge on any atom is 0.318 e. The number of anilines is 2. The van der Waals surface area contributed by atoms with Gasteiger partial charge in [-0.25, -0.2) is 4.79 Å². The minimum atomic E-state index is -0.495. The summed E-state index contributed by atoms with van der Waals surface area (Å²) in [5, 5.41) is 0. The molecule has 1 aliphatic rings. The Morgan fingerprint density at radius 3 is 2.76 bits per heavy atom. The van der Waals surface area contributed by atoms with Gasteiger partial charge in [0.1, 0.15) is 0 Å². The molecular weight excluding hydrogens is 218 g/mol. The van der Waals surface area contributed by atoms with Crippen LogP contribution in [-0.2, 0) is 11.2 Å². The molecule has 1 aromatic carbocycles. The monoisotopic (exact) mass is 233 g/mol. The molecule has 0 unspecified atom stereocenters. The summed E-state index contributed by atoms with van der Waals surface area (Å²) in [6.45, 7) is 0. The van der Waals surface area contributed by atoms with Crippen LogP contribution in [0, 0.1) is 0 Å². The van der Waals surface area contributed by atoms with Crippen LogP contribution in [0.2, 0.25) is 0 Å². The van der Waals surface area contributed by atoms with Gasteiger partial charge in [-0.2, -0.15) is 0 Å². The largest absolute Gasteiger partial charge is 0.351 e. The molecule has 0 aromatic heterocycles. The number of fused-ring (bicyclic) bond motifs is 1. The minimum absolute atomic E-state index is 0.119. The number of hydrogen-bond donors (Lipinski definition) is 1. The van der Waals surface area contributed by atoms with Gasteiger partial charge in [0.2, 0.25) is 5.91 Å². The van der Waals surface area contributed by atoms with Crippen molar-refractivity contribution in [3.05, 3.63) is 23.8 Å². The number of amides is 3. The fourth-order valence-corrected chi connectivity index (χ4v) is 1.98. The van der Waals surface area contributed by atoms with Gasteiger partial charge in [0.15, 0.2) is 0 Å². The zero-order valence-corrected chi connectivity index (χ0v) is 9.93. The highest BCUT2D eigenvalue weighted by Crippen LogP contribution is 2.30. The summed E-state index contributed by atoms with van der Waals surface area (Å²) < 4.78 is 0. The van der Waals surface area contributed by atoms with Crippen LogP contribution in [0.5, 0.6) is 0 Å². The van der Waals surface area contributed by atoms with E-state index in [0.29, 0.717) is 12.8 Å². The van der Waals surface area contributed by atoms with Crippen molar-refractivity contribution >= 4 is 23.3 Å². The SMILES string of the molecule is CN(C(N)=O)c1ccc2c(c1)CCC(=O)N2C. The van der Waals surface area contributed by atoms with E-state index in [2.05, 4.69) is 0 Å². The zero-order chi connectivity index (χ0) is 12.6. The summed E-state index contributed by atoms with van der Waals surface area (Å²) in [5.41, 5.74) is 7.94. The number of nitrogens with two attached hydrogens (primary N) is 1. The van der Waals surface area contributed by atoms with Crippen molar-refractivity contribution in [3.8, 4) is 0 Å². The molecule has 1 heterocycles. The van der Waals surface area contributed by atoms with Crippen LogP contribution in [0.15, 0.2) is 18.2 Å². The summed E-state index contributed by atoms with van der Waals surface area (Å²) in [5.74, 6) is 0.119. The highest BCUT2D eigenvalue weighted by atomic mass is 16.2. The third-order valence-electron chi connectivity index (χ3n) is 3.12. The topological polar surface area (TPSA) is 66.6 Å². The highest BCUT2D eigenvalue weighted by molar-refractivity contribution is 5.97. The van der Waals surface area contributed by atoms with Crippen molar-refractivity contribution in [2.24, 2.45) is 5.73 Å². The molecule has 0 atom stereocenters. The number of urea groups is 1. The molecule has 90 valence electrons. The molecule has 0 bridgehead atoms. The summed E-state index contributed by atoms with van der Waals surface area (Å²) in [7, 11) is 3.39. The van der Waals surface area contributed by atoms with E-state index in [9.17, 15) is 9.59 Å². The van der Waals surface area contributed by atoms with E-state index in [4.69, 9.17) is 5.73 Å². The Labute approximate surface area is 99.8 Å². The predicted octanol–water partition coefficient (Wildman–Crippen LogP) is 1.11. The summed E-state index contributed by atoms with van der Waals surface area (Å²) >= 11 is 0. The lowest BCUT2D eigenvalue weighted by Crippen LogP contribution is -2.33. The fraction of sp³-hybridized carbons (Fsp3) is 0.333. The summed E-state index contributed by atoms with van der Waals surface area (Å²) in [4.78, 5) is 25.6. The molecule has 2 rings (SSSR count). The Balaban J connectivity index is 2.39. The zero-order valence-electron chi connectivity index (χ0n) is 9.93. The van der Waals surface area contributed by atoms with E-state index >= 15 is 0 Å². The van der Waals surface area contributed by atoms with Gasteiger partial charge in [0, 0.05) is 31.9 Å². The van der Waals surface area contributed by atoms with Gasteiger partial charge in [-0.05, 0) is 30.2 Å². The number of carbonyl (C=O) groups excluding carboxylic acids is 2. The predicted molar refractivity (Wildman–Crippen MR) is 66.2 cm³/mol. The first-order valence-corrected chi connectivity index (χ1v) is 5.43. The van der Waals surface area contributed by atoms with Gasteiger partial charge < -0.3 is 10.6 Å². The normalized spacial score (nSPS) is 14.5. The molecule has 1 aromatic rings. The standard InChI is InChI=1S/C12H15N3O2/c1-14(12(13)17)9-4-5-10-8(7-9)3-6-11(16)15(10)2/h4-5,7H,3,6H2,1-2H3,(H2,13,17). The quantitative estimate of drug-likeness (QED) is 0.789.